The summed E-state index contributed by atoms with van der Waals surface area (Å²) in [5, 5.41) is 3.18. The lowest BCUT2D eigenvalue weighted by Crippen LogP contribution is -2.35. The first kappa shape index (κ1) is 14.4. The van der Waals surface area contributed by atoms with E-state index in [0.29, 0.717) is 5.56 Å². The minimum atomic E-state index is -0.331. The monoisotopic (exact) mass is 275 g/mol. The number of hydrogen-bond acceptors (Lipinski definition) is 3. The van der Waals surface area contributed by atoms with E-state index < -0.39 is 0 Å². The van der Waals surface area contributed by atoms with Crippen LogP contribution in [0.15, 0.2) is 43.0 Å². The second kappa shape index (κ2) is 6.96. The number of carbonyl (C=O) groups excluding carboxylic acids is 1. The van der Waals surface area contributed by atoms with Crippen LogP contribution in [0.25, 0.3) is 0 Å². The van der Waals surface area contributed by atoms with Crippen LogP contribution in [-0.2, 0) is 6.54 Å². The Kier molecular flexibility index (Phi) is 5.01. The third-order valence-electron chi connectivity index (χ3n) is 3.12. The van der Waals surface area contributed by atoms with E-state index in [4.69, 9.17) is 0 Å². The van der Waals surface area contributed by atoms with E-state index in [-0.39, 0.29) is 17.6 Å². The van der Waals surface area contributed by atoms with E-state index in [1.54, 1.807) is 12.5 Å². The molecule has 20 heavy (non-hydrogen) atoms. The van der Waals surface area contributed by atoms with Gasteiger partial charge in [0.2, 0.25) is 0 Å². The molecule has 1 aromatic carbocycles. The fourth-order valence-corrected chi connectivity index (χ4v) is 1.96. The van der Waals surface area contributed by atoms with Crippen LogP contribution in [0.3, 0.4) is 0 Å². The van der Waals surface area contributed by atoms with Crippen molar-refractivity contribution in [3.05, 3.63) is 54.4 Å². The van der Waals surface area contributed by atoms with Crippen molar-refractivity contribution < 1.29 is 9.18 Å². The van der Waals surface area contributed by atoms with Gasteiger partial charge in [-0.25, -0.2) is 9.37 Å². The van der Waals surface area contributed by atoms with E-state index in [9.17, 15) is 9.18 Å². The first-order valence-electron chi connectivity index (χ1n) is 6.66. The number of Topliss-reactive ketones (excluding diaryl/α,β-unsaturated/α-hetero) is 1. The first-order chi connectivity index (χ1) is 9.66. The lowest BCUT2D eigenvalue weighted by Gasteiger charge is -2.13. The van der Waals surface area contributed by atoms with E-state index in [1.807, 2.05) is 17.7 Å². The standard InChI is InChI=1S/C15H18FN3O/c1-12(15(20)13-3-5-14(16)6-4-13)18-7-2-9-19-10-8-17-11-19/h3-6,8,10-12,18H,2,7,9H2,1H3. The van der Waals surface area contributed by atoms with Crippen LogP contribution in [0.4, 0.5) is 4.39 Å². The van der Waals surface area contributed by atoms with Gasteiger partial charge in [-0.1, -0.05) is 0 Å². The van der Waals surface area contributed by atoms with E-state index in [1.165, 1.54) is 24.3 Å². The predicted molar refractivity (Wildman–Crippen MR) is 75.0 cm³/mol. The number of benzene rings is 1. The summed E-state index contributed by atoms with van der Waals surface area (Å²) in [4.78, 5) is 16.0. The highest BCUT2D eigenvalue weighted by Gasteiger charge is 2.14. The second-order valence-electron chi connectivity index (χ2n) is 4.70. The molecule has 0 radical (unpaired) electrons. The number of aryl methyl sites for hydroxylation is 1. The maximum absolute atomic E-state index is 12.8. The number of carbonyl (C=O) groups is 1. The van der Waals surface area contributed by atoms with Gasteiger partial charge in [-0.3, -0.25) is 4.79 Å². The molecule has 4 nitrogen and oxygen atoms in total. The predicted octanol–water partition coefficient (Wildman–Crippen LogP) is 2.27. The number of aromatic nitrogens is 2. The van der Waals surface area contributed by atoms with Gasteiger partial charge >= 0.3 is 0 Å². The maximum Gasteiger partial charge on any atom is 0.179 e. The summed E-state index contributed by atoms with van der Waals surface area (Å²) in [6.07, 6.45) is 6.34. The smallest absolute Gasteiger partial charge is 0.179 e. The Morgan fingerprint density at radius 1 is 1.40 bits per heavy atom. The summed E-state index contributed by atoms with van der Waals surface area (Å²) in [5.74, 6) is -0.352. The topological polar surface area (TPSA) is 46.9 Å². The zero-order chi connectivity index (χ0) is 14.4. The third kappa shape index (κ3) is 3.99. The van der Waals surface area contributed by atoms with Crippen LogP contribution in [0.5, 0.6) is 0 Å². The first-order valence-corrected chi connectivity index (χ1v) is 6.66. The highest BCUT2D eigenvalue weighted by molar-refractivity contribution is 5.99. The Bertz CT molecular complexity index is 537. The van der Waals surface area contributed by atoms with Gasteiger partial charge in [0.15, 0.2) is 5.78 Å². The fourth-order valence-electron chi connectivity index (χ4n) is 1.96. The molecule has 0 saturated carbocycles. The number of rotatable bonds is 7. The van der Waals surface area contributed by atoms with Crippen LogP contribution in [-0.4, -0.2) is 27.9 Å². The summed E-state index contributed by atoms with van der Waals surface area (Å²) in [7, 11) is 0. The summed E-state index contributed by atoms with van der Waals surface area (Å²) >= 11 is 0. The molecule has 1 N–H and O–H groups in total. The molecule has 0 fully saturated rings. The molecule has 1 aromatic heterocycles. The molecule has 106 valence electrons. The molecule has 0 aliphatic heterocycles. The van der Waals surface area contributed by atoms with Crippen molar-refractivity contribution in [3.63, 3.8) is 0 Å². The van der Waals surface area contributed by atoms with Gasteiger partial charge in [-0.2, -0.15) is 0 Å². The molecular formula is C15H18FN3O. The van der Waals surface area contributed by atoms with Crippen LogP contribution in [0.2, 0.25) is 0 Å². The summed E-state index contributed by atoms with van der Waals surface area (Å²) in [6, 6.07) is 5.36. The quantitative estimate of drug-likeness (QED) is 0.623. The summed E-state index contributed by atoms with van der Waals surface area (Å²) in [5.41, 5.74) is 0.529. The Balaban J connectivity index is 1.75. The Morgan fingerprint density at radius 3 is 2.80 bits per heavy atom. The van der Waals surface area contributed by atoms with Crippen molar-refractivity contribution >= 4 is 5.78 Å². The van der Waals surface area contributed by atoms with E-state index in [0.717, 1.165) is 19.5 Å². The Labute approximate surface area is 117 Å². The summed E-state index contributed by atoms with van der Waals surface area (Å²) < 4.78 is 14.8. The number of halogens is 1. The molecule has 1 heterocycles. The van der Waals surface area contributed by atoms with Crippen molar-refractivity contribution in [2.75, 3.05) is 6.54 Å². The number of nitrogens with one attached hydrogen (secondary N) is 1. The van der Waals surface area contributed by atoms with Crippen LogP contribution in [0.1, 0.15) is 23.7 Å². The number of imidazole rings is 1. The molecule has 1 unspecified atom stereocenters. The fraction of sp³-hybridized carbons (Fsp3) is 0.333. The lowest BCUT2D eigenvalue weighted by molar-refractivity contribution is 0.0951. The van der Waals surface area contributed by atoms with Crippen molar-refractivity contribution in [2.45, 2.75) is 25.9 Å². The Morgan fingerprint density at radius 2 is 2.15 bits per heavy atom. The minimum Gasteiger partial charge on any atom is -0.337 e. The maximum atomic E-state index is 12.8. The minimum absolute atomic E-state index is 0.0207. The van der Waals surface area contributed by atoms with Gasteiger partial charge in [0.05, 0.1) is 12.4 Å². The van der Waals surface area contributed by atoms with Crippen LogP contribution in [0, 0.1) is 5.82 Å². The molecule has 0 amide bonds. The molecular weight excluding hydrogens is 257 g/mol. The highest BCUT2D eigenvalue weighted by Crippen LogP contribution is 2.06. The molecule has 0 aliphatic carbocycles. The van der Waals surface area contributed by atoms with Gasteiger partial charge in [-0.15, -0.1) is 0 Å². The molecule has 0 spiro atoms. The lowest BCUT2D eigenvalue weighted by atomic mass is 10.1. The molecule has 0 aliphatic rings. The van der Waals surface area contributed by atoms with Gasteiger partial charge in [0.25, 0.3) is 0 Å². The van der Waals surface area contributed by atoms with Gasteiger partial charge in [-0.05, 0) is 44.2 Å². The van der Waals surface area contributed by atoms with E-state index in [2.05, 4.69) is 10.3 Å². The molecule has 5 heteroatoms. The number of nitrogens with zero attached hydrogens (tertiary/aromatic N) is 2. The third-order valence-corrected chi connectivity index (χ3v) is 3.12. The van der Waals surface area contributed by atoms with Gasteiger partial charge in [0.1, 0.15) is 5.82 Å². The number of hydrogen-bond donors (Lipinski definition) is 1. The zero-order valence-corrected chi connectivity index (χ0v) is 11.4. The number of ketones is 1. The molecule has 0 saturated heterocycles. The Hall–Kier alpha value is -2.01. The van der Waals surface area contributed by atoms with Crippen molar-refractivity contribution in [3.8, 4) is 0 Å². The van der Waals surface area contributed by atoms with Gasteiger partial charge < -0.3 is 9.88 Å². The molecule has 1 atom stereocenters. The van der Waals surface area contributed by atoms with Crippen molar-refractivity contribution in [1.82, 2.24) is 14.9 Å². The SMILES string of the molecule is CC(NCCCn1ccnc1)C(=O)c1ccc(F)cc1. The largest absolute Gasteiger partial charge is 0.337 e. The van der Waals surface area contributed by atoms with Gasteiger partial charge in [0, 0.05) is 24.5 Å². The average Bonchev–Trinajstić information content (AvgIpc) is 2.96. The average molecular weight is 275 g/mol. The molecule has 0 bridgehead atoms. The van der Waals surface area contributed by atoms with Crippen LogP contribution >= 0.6 is 0 Å². The van der Waals surface area contributed by atoms with Crippen LogP contribution < -0.4 is 5.32 Å². The molecule has 2 aromatic rings. The van der Waals surface area contributed by atoms with Crippen molar-refractivity contribution in [1.29, 1.82) is 0 Å². The second-order valence-corrected chi connectivity index (χ2v) is 4.70. The molecule has 2 rings (SSSR count). The zero-order valence-electron chi connectivity index (χ0n) is 11.4. The van der Waals surface area contributed by atoms with E-state index >= 15 is 0 Å². The summed E-state index contributed by atoms with van der Waals surface area (Å²) in [6.45, 7) is 3.43. The highest BCUT2D eigenvalue weighted by atomic mass is 19.1. The normalized spacial score (nSPS) is 12.3. The van der Waals surface area contributed by atoms with Crippen molar-refractivity contribution in [2.24, 2.45) is 0 Å².